The van der Waals surface area contributed by atoms with Crippen LogP contribution in [0.4, 0.5) is 10.2 Å². The van der Waals surface area contributed by atoms with Crippen molar-refractivity contribution >= 4 is 16.6 Å². The Morgan fingerprint density at radius 1 is 1.21 bits per heavy atom. The third-order valence-corrected chi connectivity index (χ3v) is 6.22. The third kappa shape index (κ3) is 3.50. The minimum atomic E-state index is -1.53. The van der Waals surface area contributed by atoms with Crippen molar-refractivity contribution in [3.63, 3.8) is 0 Å². The molecule has 3 heterocycles. The molecule has 0 spiro atoms. The number of hydrogen-bond acceptors (Lipinski definition) is 6. The van der Waals surface area contributed by atoms with Crippen LogP contribution in [0.2, 0.25) is 0 Å². The number of nitriles is 2. The molecule has 4 rings (SSSR count). The molecule has 2 fully saturated rings. The molecule has 0 N–H and O–H groups in total. The molecule has 2 aliphatic heterocycles. The summed E-state index contributed by atoms with van der Waals surface area (Å²) in [6, 6.07) is 11.9. The Kier molecular flexibility index (Phi) is 5.31. The molecule has 2 atom stereocenters. The number of anilines is 1. The Balaban J connectivity index is 1.87. The van der Waals surface area contributed by atoms with Crippen LogP contribution >= 0.6 is 0 Å². The summed E-state index contributed by atoms with van der Waals surface area (Å²) < 4.78 is 31.2. The van der Waals surface area contributed by atoms with Crippen LogP contribution in [-0.4, -0.2) is 47.9 Å². The van der Waals surface area contributed by atoms with Gasteiger partial charge in [-0.15, -0.1) is 0 Å². The number of rotatable bonds is 4. The van der Waals surface area contributed by atoms with Gasteiger partial charge in [0.25, 0.3) is 0 Å². The Bertz CT molecular complexity index is 1050. The van der Waals surface area contributed by atoms with Gasteiger partial charge in [0.2, 0.25) is 0 Å². The van der Waals surface area contributed by atoms with E-state index in [1.807, 2.05) is 24.3 Å². The van der Waals surface area contributed by atoms with Crippen LogP contribution in [-0.2, 0) is 15.5 Å². The standard InChI is InChI=1S/C21H19FN4O2S/c1-29(27)21-18(9-24)19(17(8-23)20(25-21)26-10-16(22)11-26)14-4-2-13(3-5-14)15-6-7-28-12-15/h2-5,15-16H,6-7,10-12H2,1H3/t15-,29?/m0/s1. The highest BCUT2D eigenvalue weighted by molar-refractivity contribution is 7.84. The molecular weight excluding hydrogens is 391 g/mol. The first-order valence-electron chi connectivity index (χ1n) is 9.32. The van der Waals surface area contributed by atoms with Crippen molar-refractivity contribution in [2.45, 2.75) is 23.5 Å². The molecule has 1 unspecified atom stereocenters. The second-order valence-corrected chi connectivity index (χ2v) is 8.52. The zero-order chi connectivity index (χ0) is 20.5. The molecule has 0 amide bonds. The second kappa shape index (κ2) is 7.90. The van der Waals surface area contributed by atoms with E-state index in [9.17, 15) is 19.1 Å². The summed E-state index contributed by atoms with van der Waals surface area (Å²) in [4.78, 5) is 5.98. The van der Waals surface area contributed by atoms with E-state index < -0.39 is 17.0 Å². The van der Waals surface area contributed by atoms with Gasteiger partial charge in [-0.1, -0.05) is 24.3 Å². The number of hydrogen-bond donors (Lipinski definition) is 0. The van der Waals surface area contributed by atoms with Gasteiger partial charge < -0.3 is 9.64 Å². The molecule has 0 aliphatic carbocycles. The van der Waals surface area contributed by atoms with Crippen molar-refractivity contribution in [2.75, 3.05) is 37.5 Å². The molecule has 1 aromatic carbocycles. The molecule has 1 aromatic heterocycles. The lowest BCUT2D eigenvalue weighted by Gasteiger charge is -2.36. The van der Waals surface area contributed by atoms with Crippen LogP contribution in [0.25, 0.3) is 11.1 Å². The second-order valence-electron chi connectivity index (χ2n) is 7.23. The molecule has 0 saturated carbocycles. The Morgan fingerprint density at radius 3 is 2.41 bits per heavy atom. The summed E-state index contributed by atoms with van der Waals surface area (Å²) in [6.07, 6.45) is 1.43. The smallest absolute Gasteiger partial charge is 0.148 e. The molecule has 8 heteroatoms. The minimum Gasteiger partial charge on any atom is -0.381 e. The number of halogens is 1. The zero-order valence-electron chi connectivity index (χ0n) is 15.9. The summed E-state index contributed by atoms with van der Waals surface area (Å²) in [5.74, 6) is 0.623. The van der Waals surface area contributed by atoms with E-state index >= 15 is 0 Å². The third-order valence-electron chi connectivity index (χ3n) is 5.38. The van der Waals surface area contributed by atoms with E-state index in [0.717, 1.165) is 18.6 Å². The average molecular weight is 410 g/mol. The average Bonchev–Trinajstić information content (AvgIpc) is 3.24. The molecule has 2 aliphatic rings. The first kappa shape index (κ1) is 19.5. The summed E-state index contributed by atoms with van der Waals surface area (Å²) in [6.45, 7) is 1.69. The number of benzene rings is 1. The summed E-state index contributed by atoms with van der Waals surface area (Å²) in [5.41, 5.74) is 2.55. The van der Waals surface area contributed by atoms with E-state index in [2.05, 4.69) is 17.1 Å². The summed E-state index contributed by atoms with van der Waals surface area (Å²) in [5, 5.41) is 19.8. The molecular formula is C21H19FN4O2S. The lowest BCUT2D eigenvalue weighted by Crippen LogP contribution is -2.49. The number of nitrogens with zero attached hydrogens (tertiary/aromatic N) is 4. The van der Waals surface area contributed by atoms with Gasteiger partial charge in [-0.25, -0.2) is 9.37 Å². The van der Waals surface area contributed by atoms with Crippen molar-refractivity contribution < 1.29 is 13.3 Å². The molecule has 148 valence electrons. The molecule has 2 saturated heterocycles. The Hall–Kier alpha value is -2.81. The van der Waals surface area contributed by atoms with Gasteiger partial charge >= 0.3 is 0 Å². The number of aromatic nitrogens is 1. The van der Waals surface area contributed by atoms with Crippen molar-refractivity contribution in [1.29, 1.82) is 10.5 Å². The number of alkyl halides is 1. The zero-order valence-corrected chi connectivity index (χ0v) is 16.7. The number of pyridine rings is 1. The Labute approximate surface area is 171 Å². The van der Waals surface area contributed by atoms with Crippen LogP contribution in [0, 0.1) is 22.7 Å². The number of ether oxygens (including phenoxy) is 1. The summed E-state index contributed by atoms with van der Waals surface area (Å²) >= 11 is 0. The molecule has 2 aromatic rings. The topological polar surface area (TPSA) is 90.0 Å². The van der Waals surface area contributed by atoms with Gasteiger partial charge in [0.15, 0.2) is 0 Å². The van der Waals surface area contributed by atoms with Gasteiger partial charge in [-0.2, -0.15) is 10.5 Å². The first-order valence-corrected chi connectivity index (χ1v) is 10.9. The fourth-order valence-electron chi connectivity index (χ4n) is 3.80. The lowest BCUT2D eigenvalue weighted by atomic mass is 9.92. The van der Waals surface area contributed by atoms with Gasteiger partial charge in [0.1, 0.15) is 34.7 Å². The maximum atomic E-state index is 13.4. The van der Waals surface area contributed by atoms with E-state index in [1.54, 1.807) is 4.90 Å². The lowest BCUT2D eigenvalue weighted by molar-refractivity contribution is 0.194. The van der Waals surface area contributed by atoms with Crippen molar-refractivity contribution in [1.82, 2.24) is 4.98 Å². The van der Waals surface area contributed by atoms with Gasteiger partial charge in [-0.3, -0.25) is 4.21 Å². The maximum Gasteiger partial charge on any atom is 0.148 e. The fraction of sp³-hybridized carbons (Fsp3) is 0.381. The van der Waals surface area contributed by atoms with E-state index in [1.165, 1.54) is 6.26 Å². The molecule has 6 nitrogen and oxygen atoms in total. The van der Waals surface area contributed by atoms with Crippen molar-refractivity contribution in [3.8, 4) is 23.3 Å². The quantitative estimate of drug-likeness (QED) is 0.770. The van der Waals surface area contributed by atoms with Crippen LogP contribution in [0.15, 0.2) is 29.3 Å². The molecule has 0 radical (unpaired) electrons. The molecule has 0 bridgehead atoms. The van der Waals surface area contributed by atoms with Gasteiger partial charge in [0, 0.05) is 24.3 Å². The monoisotopic (exact) mass is 410 g/mol. The fourth-order valence-corrected chi connectivity index (χ4v) is 4.45. The van der Waals surface area contributed by atoms with E-state index in [-0.39, 0.29) is 35.1 Å². The normalized spacial score (nSPS) is 20.0. The highest BCUT2D eigenvalue weighted by Crippen LogP contribution is 2.38. The summed E-state index contributed by atoms with van der Waals surface area (Å²) in [7, 11) is -1.53. The maximum absolute atomic E-state index is 13.4. The van der Waals surface area contributed by atoms with Crippen molar-refractivity contribution in [2.24, 2.45) is 0 Å². The van der Waals surface area contributed by atoms with Crippen LogP contribution in [0.5, 0.6) is 0 Å². The first-order chi connectivity index (χ1) is 14.0. The Morgan fingerprint density at radius 2 is 1.90 bits per heavy atom. The van der Waals surface area contributed by atoms with Crippen LogP contribution in [0.3, 0.4) is 0 Å². The van der Waals surface area contributed by atoms with Crippen LogP contribution in [0.1, 0.15) is 29.0 Å². The van der Waals surface area contributed by atoms with Crippen LogP contribution < -0.4 is 4.90 Å². The SMILES string of the molecule is CS(=O)c1nc(N2CC(F)C2)c(C#N)c(-c2ccc([C@H]3CCOC3)cc2)c1C#N. The van der Waals surface area contributed by atoms with E-state index in [0.29, 0.717) is 23.7 Å². The predicted octanol–water partition coefficient (Wildman–Crippen LogP) is 2.89. The van der Waals surface area contributed by atoms with Gasteiger partial charge in [0.05, 0.1) is 36.1 Å². The highest BCUT2D eigenvalue weighted by Gasteiger charge is 2.33. The highest BCUT2D eigenvalue weighted by atomic mass is 32.2. The molecule has 29 heavy (non-hydrogen) atoms. The van der Waals surface area contributed by atoms with E-state index in [4.69, 9.17) is 4.74 Å². The minimum absolute atomic E-state index is 0.118. The van der Waals surface area contributed by atoms with Crippen molar-refractivity contribution in [3.05, 3.63) is 41.0 Å². The predicted molar refractivity (Wildman–Crippen MR) is 107 cm³/mol. The van der Waals surface area contributed by atoms with Gasteiger partial charge in [-0.05, 0) is 17.5 Å². The largest absolute Gasteiger partial charge is 0.381 e.